The molecule has 2 aromatic rings. The first-order valence-electron chi connectivity index (χ1n) is 9.56. The largest absolute Gasteiger partial charge is 0.457 e. The van der Waals surface area contributed by atoms with Crippen LogP contribution in [0.5, 0.6) is 5.75 Å². The summed E-state index contributed by atoms with van der Waals surface area (Å²) < 4.78 is 10.5. The summed E-state index contributed by atoms with van der Waals surface area (Å²) in [6.07, 6.45) is 6.77. The summed E-state index contributed by atoms with van der Waals surface area (Å²) in [6.45, 7) is 0. The Hall–Kier alpha value is -3.15. The third-order valence-electron chi connectivity index (χ3n) is 6.69. The first kappa shape index (κ1) is 15.9. The Bertz CT molecular complexity index is 1000. The highest BCUT2D eigenvalue weighted by molar-refractivity contribution is 6.23. The molecule has 4 aliphatic carbocycles. The molecule has 0 radical (unpaired) electrons. The second-order valence-electron chi connectivity index (χ2n) is 8.00. The van der Waals surface area contributed by atoms with Crippen LogP contribution >= 0.6 is 0 Å². The fourth-order valence-corrected chi connectivity index (χ4v) is 5.47. The number of hydrogen-bond donors (Lipinski definition) is 0. The number of allylic oxidation sites excluding steroid dienone is 2. The number of rotatable bonds is 3. The van der Waals surface area contributed by atoms with Gasteiger partial charge in [0.1, 0.15) is 0 Å². The third kappa shape index (κ3) is 2.00. The van der Waals surface area contributed by atoms with E-state index in [2.05, 4.69) is 12.2 Å². The van der Waals surface area contributed by atoms with Gasteiger partial charge < -0.3 is 9.15 Å². The lowest BCUT2D eigenvalue weighted by Gasteiger charge is -2.37. The van der Waals surface area contributed by atoms with Gasteiger partial charge in [-0.15, -0.1) is 0 Å². The summed E-state index contributed by atoms with van der Waals surface area (Å²) in [5.74, 6) is 0.0117. The number of hydrogen-bond acceptors (Lipinski definition) is 5. The second kappa shape index (κ2) is 5.44. The molecule has 6 nitrogen and oxygen atoms in total. The topological polar surface area (TPSA) is 76.8 Å². The summed E-state index contributed by atoms with van der Waals surface area (Å²) in [7, 11) is 0. The Balaban J connectivity index is 1.36. The number of benzene rings is 1. The van der Waals surface area contributed by atoms with Crippen LogP contribution in [0.25, 0.3) is 0 Å². The van der Waals surface area contributed by atoms with Crippen LogP contribution in [-0.2, 0) is 9.59 Å². The Morgan fingerprint density at radius 3 is 2.29 bits per heavy atom. The van der Waals surface area contributed by atoms with E-state index in [1.54, 1.807) is 30.3 Å². The zero-order valence-corrected chi connectivity index (χ0v) is 14.9. The Kier molecular flexibility index (Phi) is 3.08. The van der Waals surface area contributed by atoms with Gasteiger partial charge in [-0.1, -0.05) is 24.3 Å². The summed E-state index contributed by atoms with van der Waals surface area (Å²) in [5.41, 5.74) is 0.319. The highest BCUT2D eigenvalue weighted by Gasteiger charge is 2.67. The van der Waals surface area contributed by atoms with Crippen LogP contribution in [0.4, 0.5) is 5.69 Å². The van der Waals surface area contributed by atoms with Crippen molar-refractivity contribution in [2.45, 2.75) is 6.42 Å². The Morgan fingerprint density at radius 1 is 0.964 bits per heavy atom. The number of para-hydroxylation sites is 2. The van der Waals surface area contributed by atoms with Gasteiger partial charge in [-0.05, 0) is 54.4 Å². The van der Waals surface area contributed by atoms with Gasteiger partial charge in [0, 0.05) is 0 Å². The molecule has 6 heteroatoms. The van der Waals surface area contributed by atoms with E-state index in [1.165, 1.54) is 17.2 Å². The molecule has 3 fully saturated rings. The second-order valence-corrected chi connectivity index (χ2v) is 8.00. The third-order valence-corrected chi connectivity index (χ3v) is 6.69. The lowest BCUT2D eigenvalue weighted by atomic mass is 9.63. The number of furan rings is 1. The predicted octanol–water partition coefficient (Wildman–Crippen LogP) is 3.06. The van der Waals surface area contributed by atoms with Crippen molar-refractivity contribution in [2.24, 2.45) is 35.5 Å². The van der Waals surface area contributed by atoms with E-state index in [9.17, 15) is 14.4 Å². The van der Waals surface area contributed by atoms with Crippen molar-refractivity contribution in [1.29, 1.82) is 0 Å². The molecule has 2 bridgehead atoms. The fraction of sp³-hybridized carbons (Fsp3) is 0.318. The number of anilines is 1. The molecular weight excluding hydrogens is 358 g/mol. The molecule has 0 N–H and O–H groups in total. The first-order valence-corrected chi connectivity index (χ1v) is 9.56. The van der Waals surface area contributed by atoms with Gasteiger partial charge in [0.05, 0.1) is 23.8 Å². The maximum Gasteiger partial charge on any atom is 0.379 e. The van der Waals surface area contributed by atoms with Crippen molar-refractivity contribution in [2.75, 3.05) is 4.90 Å². The molecule has 0 unspecified atom stereocenters. The summed E-state index contributed by atoms with van der Waals surface area (Å²) in [5, 5.41) is 0. The van der Waals surface area contributed by atoms with Crippen molar-refractivity contribution in [1.82, 2.24) is 0 Å². The van der Waals surface area contributed by atoms with E-state index in [1.807, 2.05) is 0 Å². The van der Waals surface area contributed by atoms with Crippen molar-refractivity contribution in [3.63, 3.8) is 0 Å². The minimum absolute atomic E-state index is 0.0601. The van der Waals surface area contributed by atoms with E-state index < -0.39 is 5.97 Å². The van der Waals surface area contributed by atoms with Crippen LogP contribution in [0.1, 0.15) is 17.0 Å². The smallest absolute Gasteiger partial charge is 0.379 e. The zero-order valence-electron chi connectivity index (χ0n) is 14.9. The van der Waals surface area contributed by atoms with Crippen LogP contribution in [0.2, 0.25) is 0 Å². The molecule has 2 heterocycles. The SMILES string of the molecule is O=C(Oc1ccccc1N1C(=O)[C@@H]2[C@H]3C=C[C@@H]([C@@H]4C[C@H]34)[C@H]2C1=O)c1ccco1. The van der Waals surface area contributed by atoms with Gasteiger partial charge in [-0.3, -0.25) is 9.59 Å². The average molecular weight is 375 g/mol. The average Bonchev–Trinajstić information content (AvgIpc) is 3.27. The zero-order chi connectivity index (χ0) is 19.0. The number of nitrogens with zero attached hydrogens (tertiary/aromatic N) is 1. The van der Waals surface area contributed by atoms with Gasteiger partial charge in [-0.25, -0.2) is 9.69 Å². The predicted molar refractivity (Wildman–Crippen MR) is 97.3 cm³/mol. The highest BCUT2D eigenvalue weighted by atomic mass is 16.5. The summed E-state index contributed by atoms with van der Waals surface area (Å²) in [6, 6.07) is 9.76. The van der Waals surface area contributed by atoms with Gasteiger partial charge in [0.2, 0.25) is 17.6 Å². The Labute approximate surface area is 160 Å². The van der Waals surface area contributed by atoms with Crippen LogP contribution < -0.4 is 9.64 Å². The molecule has 5 aliphatic rings. The van der Waals surface area contributed by atoms with Gasteiger partial charge in [0.15, 0.2) is 5.75 Å². The van der Waals surface area contributed by atoms with E-state index in [0.29, 0.717) is 17.5 Å². The molecule has 7 rings (SSSR count). The molecule has 2 saturated carbocycles. The maximum atomic E-state index is 13.3. The van der Waals surface area contributed by atoms with Crippen molar-refractivity contribution in [3.05, 3.63) is 60.6 Å². The van der Waals surface area contributed by atoms with E-state index in [4.69, 9.17) is 9.15 Å². The number of ether oxygens (including phenoxy) is 1. The number of imide groups is 1. The number of esters is 1. The summed E-state index contributed by atoms with van der Waals surface area (Å²) >= 11 is 0. The molecule has 1 aromatic heterocycles. The van der Waals surface area contributed by atoms with Crippen LogP contribution in [-0.4, -0.2) is 17.8 Å². The highest BCUT2D eigenvalue weighted by Crippen LogP contribution is 2.65. The van der Waals surface area contributed by atoms with E-state index in [-0.39, 0.29) is 47.0 Å². The minimum atomic E-state index is -0.669. The van der Waals surface area contributed by atoms with Gasteiger partial charge in [-0.2, -0.15) is 0 Å². The molecule has 1 aliphatic heterocycles. The molecule has 2 amide bonds. The molecule has 0 spiro atoms. The van der Waals surface area contributed by atoms with Crippen LogP contribution in [0.15, 0.2) is 59.2 Å². The van der Waals surface area contributed by atoms with Gasteiger partial charge >= 0.3 is 5.97 Å². The molecular formula is C22H17NO5. The minimum Gasteiger partial charge on any atom is -0.457 e. The van der Waals surface area contributed by atoms with Crippen LogP contribution in [0.3, 0.4) is 0 Å². The quantitative estimate of drug-likeness (QED) is 0.357. The van der Waals surface area contributed by atoms with E-state index >= 15 is 0 Å². The van der Waals surface area contributed by atoms with Gasteiger partial charge in [0.25, 0.3) is 0 Å². The molecule has 28 heavy (non-hydrogen) atoms. The molecule has 140 valence electrons. The number of carbonyl (C=O) groups is 3. The lowest BCUT2D eigenvalue weighted by Crippen LogP contribution is -2.40. The first-order chi connectivity index (χ1) is 13.6. The lowest BCUT2D eigenvalue weighted by molar-refractivity contribution is -0.124. The standard InChI is InChI=1S/C22H17NO5/c24-20-18-11-7-8-12(14-10-13(11)14)19(18)21(25)23(20)15-4-1-2-5-16(15)28-22(26)17-6-3-9-27-17/h1-9,11-14,18-19H,10H2/t11-,12-,13-,14+,18+,19+/m0/s1. The van der Waals surface area contributed by atoms with Crippen LogP contribution in [0, 0.1) is 35.5 Å². The monoisotopic (exact) mass is 375 g/mol. The number of amides is 2. The maximum absolute atomic E-state index is 13.3. The number of carbonyl (C=O) groups excluding carboxylic acids is 3. The van der Waals surface area contributed by atoms with E-state index in [0.717, 1.165) is 6.42 Å². The van der Waals surface area contributed by atoms with Crippen molar-refractivity contribution < 1.29 is 23.5 Å². The Morgan fingerprint density at radius 2 is 1.64 bits per heavy atom. The molecule has 1 saturated heterocycles. The molecule has 6 atom stereocenters. The van der Waals surface area contributed by atoms with Crippen molar-refractivity contribution >= 4 is 23.5 Å². The summed E-state index contributed by atoms with van der Waals surface area (Å²) in [4.78, 5) is 40.1. The molecule has 1 aromatic carbocycles. The normalized spacial score (nSPS) is 34.4. The fourth-order valence-electron chi connectivity index (χ4n) is 5.47. The van der Waals surface area contributed by atoms with Crippen molar-refractivity contribution in [3.8, 4) is 5.75 Å².